The summed E-state index contributed by atoms with van der Waals surface area (Å²) < 4.78 is 29.5. The summed E-state index contributed by atoms with van der Waals surface area (Å²) >= 11 is 6.19. The number of anilines is 1. The van der Waals surface area contributed by atoms with Crippen LogP contribution in [0.4, 0.5) is 14.5 Å². The average Bonchev–Trinajstić information content (AvgIpc) is 3.33. The second kappa shape index (κ2) is 16.4. The van der Waals surface area contributed by atoms with Gasteiger partial charge in [-0.1, -0.05) is 50.9 Å². The third kappa shape index (κ3) is 9.27. The topological polar surface area (TPSA) is 81.9 Å². The molecule has 1 saturated heterocycles. The maximum absolute atomic E-state index is 14.0. The van der Waals surface area contributed by atoms with Crippen molar-refractivity contribution in [3.05, 3.63) is 52.3 Å². The predicted octanol–water partition coefficient (Wildman–Crippen LogP) is 5.76. The fraction of sp³-hybridized carbons (Fsp3) is 0.606. The third-order valence-electron chi connectivity index (χ3n) is 8.23. The molecule has 1 aliphatic carbocycles. The van der Waals surface area contributed by atoms with Crippen LogP contribution >= 0.6 is 11.6 Å². The number of piperazine rings is 1. The Morgan fingerprint density at radius 2 is 1.77 bits per heavy atom. The minimum Gasteiger partial charge on any atom is -0.387 e. The number of Topliss-reactive ketones (excluding diaryl/α,β-unsaturated/α-hetero) is 1. The van der Waals surface area contributed by atoms with E-state index in [1.165, 1.54) is 48.5 Å². The minimum atomic E-state index is -2.79. The Morgan fingerprint density at radius 1 is 1.09 bits per heavy atom. The number of aliphatic hydroxyl groups is 1. The molecule has 44 heavy (non-hydrogen) atoms. The highest BCUT2D eigenvalue weighted by molar-refractivity contribution is 6.31. The van der Waals surface area contributed by atoms with E-state index in [0.29, 0.717) is 48.8 Å². The number of benzene rings is 1. The SMILES string of the molecule is C=C(c1nn(CC(C)=O)c2c1CC(F)(F)CC2)N1CCN(C(=O)CO)CC1.CCCCCN(CCC)c1cccc(Cl)c1C. The Balaban J connectivity index is 0.000000269. The van der Waals surface area contributed by atoms with Crippen LogP contribution < -0.4 is 4.90 Å². The molecule has 2 heterocycles. The van der Waals surface area contributed by atoms with Gasteiger partial charge in [-0.25, -0.2) is 8.78 Å². The second-order valence-electron chi connectivity index (χ2n) is 11.7. The van der Waals surface area contributed by atoms with Gasteiger partial charge in [0.1, 0.15) is 12.3 Å². The van der Waals surface area contributed by atoms with Crippen molar-refractivity contribution in [1.82, 2.24) is 19.6 Å². The predicted molar refractivity (Wildman–Crippen MR) is 172 cm³/mol. The summed E-state index contributed by atoms with van der Waals surface area (Å²) in [6.45, 7) is 15.7. The fourth-order valence-corrected chi connectivity index (χ4v) is 5.98. The average molecular weight is 636 g/mol. The number of alkyl halides is 2. The summed E-state index contributed by atoms with van der Waals surface area (Å²) in [4.78, 5) is 29.1. The van der Waals surface area contributed by atoms with Gasteiger partial charge in [-0.15, -0.1) is 0 Å². The summed E-state index contributed by atoms with van der Waals surface area (Å²) in [6.07, 6.45) is 4.54. The lowest BCUT2D eigenvalue weighted by Gasteiger charge is -2.36. The van der Waals surface area contributed by atoms with Crippen molar-refractivity contribution in [1.29, 1.82) is 0 Å². The lowest BCUT2D eigenvalue weighted by atomic mass is 9.91. The maximum atomic E-state index is 14.0. The molecule has 0 atom stereocenters. The number of aliphatic hydroxyl groups excluding tert-OH is 1. The van der Waals surface area contributed by atoms with Gasteiger partial charge < -0.3 is 19.8 Å². The zero-order valence-electron chi connectivity index (χ0n) is 26.7. The van der Waals surface area contributed by atoms with Gasteiger partial charge >= 0.3 is 0 Å². The lowest BCUT2D eigenvalue weighted by molar-refractivity contribution is -0.135. The normalized spacial score (nSPS) is 15.7. The number of unbranched alkanes of at least 4 members (excludes halogenated alkanes) is 2. The second-order valence-corrected chi connectivity index (χ2v) is 12.1. The van der Waals surface area contributed by atoms with E-state index in [1.807, 2.05) is 17.0 Å². The standard InChI is InChI=1S/C18H24F2N4O3.C15H24ClN/c1-12(26)10-24-15-3-4-18(19,20)9-14(15)17(21-24)13(2)22-5-7-23(8-6-22)16(27)11-25;1-4-6-7-12-17(11-5-2)15-10-8-9-14(16)13(15)3/h25H,2-11H2,1H3;8-10H,4-7,11-12H2,1-3H3. The van der Waals surface area contributed by atoms with Crippen molar-refractivity contribution in [2.24, 2.45) is 0 Å². The smallest absolute Gasteiger partial charge is 0.252 e. The van der Waals surface area contributed by atoms with Gasteiger partial charge in [-0.2, -0.15) is 5.10 Å². The largest absolute Gasteiger partial charge is 0.387 e. The third-order valence-corrected chi connectivity index (χ3v) is 8.64. The van der Waals surface area contributed by atoms with E-state index >= 15 is 0 Å². The number of aromatic nitrogens is 2. The number of nitrogens with zero attached hydrogens (tertiary/aromatic N) is 5. The highest BCUT2D eigenvalue weighted by atomic mass is 35.5. The Hall–Kier alpha value is -2.98. The fourth-order valence-electron chi connectivity index (χ4n) is 5.81. The number of hydrogen-bond donors (Lipinski definition) is 1. The summed E-state index contributed by atoms with van der Waals surface area (Å²) in [5, 5.41) is 14.3. The number of carbonyl (C=O) groups excluding carboxylic acids is 2. The zero-order valence-corrected chi connectivity index (χ0v) is 27.4. The first-order chi connectivity index (χ1) is 20.9. The Bertz CT molecular complexity index is 1290. The van der Waals surface area contributed by atoms with E-state index in [1.54, 1.807) is 4.90 Å². The number of carbonyl (C=O) groups is 2. The van der Waals surface area contributed by atoms with Gasteiger partial charge in [-0.05, 0) is 50.8 Å². The Morgan fingerprint density at radius 3 is 2.39 bits per heavy atom. The van der Waals surface area contributed by atoms with E-state index in [4.69, 9.17) is 16.7 Å². The molecule has 0 bridgehead atoms. The quantitative estimate of drug-likeness (QED) is 0.299. The summed E-state index contributed by atoms with van der Waals surface area (Å²) in [6, 6.07) is 6.20. The molecule has 4 rings (SSSR count). The minimum absolute atomic E-state index is 0.0555. The van der Waals surface area contributed by atoms with Crippen LogP contribution in [0, 0.1) is 6.92 Å². The molecule has 244 valence electrons. The molecule has 0 saturated carbocycles. The molecule has 8 nitrogen and oxygen atoms in total. The van der Waals surface area contributed by atoms with Crippen LogP contribution in [0.2, 0.25) is 5.02 Å². The highest BCUT2D eigenvalue weighted by Gasteiger charge is 2.39. The van der Waals surface area contributed by atoms with Gasteiger partial charge in [0.2, 0.25) is 5.91 Å². The molecule has 2 aromatic rings. The number of ketones is 1. The number of rotatable bonds is 12. The summed E-state index contributed by atoms with van der Waals surface area (Å²) in [5.74, 6) is -3.22. The molecule has 0 spiro atoms. The van der Waals surface area contributed by atoms with Crippen LogP contribution in [0.15, 0.2) is 24.8 Å². The van der Waals surface area contributed by atoms with Crippen molar-refractivity contribution in [3.63, 3.8) is 0 Å². The van der Waals surface area contributed by atoms with Gasteiger partial charge in [0.25, 0.3) is 5.92 Å². The van der Waals surface area contributed by atoms with Crippen LogP contribution in [-0.4, -0.2) is 88.2 Å². The first kappa shape index (κ1) is 35.5. The van der Waals surface area contributed by atoms with E-state index in [-0.39, 0.29) is 31.1 Å². The van der Waals surface area contributed by atoms with Crippen LogP contribution in [0.1, 0.15) is 75.4 Å². The molecule has 2 aliphatic rings. The molecule has 1 N–H and O–H groups in total. The molecular weight excluding hydrogens is 588 g/mol. The van der Waals surface area contributed by atoms with Crippen molar-refractivity contribution in [2.45, 2.75) is 85.1 Å². The zero-order chi connectivity index (χ0) is 32.4. The van der Waals surface area contributed by atoms with E-state index < -0.39 is 19.0 Å². The molecule has 1 aliphatic heterocycles. The van der Waals surface area contributed by atoms with Crippen molar-refractivity contribution in [3.8, 4) is 0 Å². The highest BCUT2D eigenvalue weighted by Crippen LogP contribution is 2.37. The molecule has 0 radical (unpaired) electrons. The molecular formula is C33H48ClF2N5O3. The molecule has 1 aromatic heterocycles. The first-order valence-electron chi connectivity index (χ1n) is 15.7. The van der Waals surface area contributed by atoms with Gasteiger partial charge in [0, 0.05) is 74.1 Å². The molecule has 1 fully saturated rings. The van der Waals surface area contributed by atoms with Crippen LogP contribution in [0.5, 0.6) is 0 Å². The van der Waals surface area contributed by atoms with Gasteiger partial charge in [-0.3, -0.25) is 14.3 Å². The van der Waals surface area contributed by atoms with Crippen LogP contribution in [0.3, 0.4) is 0 Å². The molecule has 0 unspecified atom stereocenters. The number of halogens is 3. The number of fused-ring (bicyclic) bond motifs is 1. The summed E-state index contributed by atoms with van der Waals surface area (Å²) in [5.41, 5.74) is 4.59. The molecule has 1 aromatic carbocycles. The maximum Gasteiger partial charge on any atom is 0.252 e. The Labute approximate surface area is 265 Å². The van der Waals surface area contributed by atoms with E-state index in [0.717, 1.165) is 18.1 Å². The van der Waals surface area contributed by atoms with Crippen molar-refractivity contribution in [2.75, 3.05) is 50.8 Å². The van der Waals surface area contributed by atoms with E-state index in [2.05, 4.69) is 43.4 Å². The summed E-state index contributed by atoms with van der Waals surface area (Å²) in [7, 11) is 0. The monoisotopic (exact) mass is 635 g/mol. The number of amides is 1. The van der Waals surface area contributed by atoms with Gasteiger partial charge in [0.05, 0.1) is 12.2 Å². The van der Waals surface area contributed by atoms with Crippen LogP contribution in [-0.2, 0) is 29.0 Å². The molecule has 1 amide bonds. The van der Waals surface area contributed by atoms with Crippen LogP contribution in [0.25, 0.3) is 5.70 Å². The molecule has 11 heteroatoms. The van der Waals surface area contributed by atoms with Gasteiger partial charge in [0.15, 0.2) is 5.78 Å². The lowest BCUT2D eigenvalue weighted by Crippen LogP contribution is -2.48. The number of hydrogen-bond acceptors (Lipinski definition) is 6. The van der Waals surface area contributed by atoms with Crippen molar-refractivity contribution < 1.29 is 23.5 Å². The Kier molecular flexibility index (Phi) is 13.2. The van der Waals surface area contributed by atoms with Crippen molar-refractivity contribution >= 4 is 34.7 Å². The van der Waals surface area contributed by atoms with E-state index in [9.17, 15) is 18.4 Å². The first-order valence-corrected chi connectivity index (χ1v) is 16.1.